The molecule has 1 amide bonds. The molecule has 2 rings (SSSR count). The molecule has 1 aromatic carbocycles. The van der Waals surface area contributed by atoms with Crippen LogP contribution >= 0.6 is 6.49 Å². The van der Waals surface area contributed by atoms with Crippen LogP contribution in [-0.4, -0.2) is 39.8 Å². The van der Waals surface area contributed by atoms with Gasteiger partial charge in [-0.05, 0) is 35.8 Å². The molecule has 0 spiro atoms. The average molecular weight is 299 g/mol. The lowest BCUT2D eigenvalue weighted by atomic mass is 10.0. The Morgan fingerprint density at radius 1 is 1.37 bits per heavy atom. The average Bonchev–Trinajstić information content (AvgIpc) is 2.69. The fourth-order valence-corrected chi connectivity index (χ4v) is 4.17. The molecule has 2 atom stereocenters. The first kappa shape index (κ1) is 14.7. The van der Waals surface area contributed by atoms with Crippen molar-refractivity contribution in [1.29, 1.82) is 0 Å². The molecule has 4 nitrogen and oxygen atoms in total. The molecule has 0 saturated carbocycles. The first-order chi connectivity index (χ1) is 8.87. The van der Waals surface area contributed by atoms with E-state index in [4.69, 9.17) is 11.8 Å². The van der Waals surface area contributed by atoms with Gasteiger partial charge in [0, 0.05) is 24.8 Å². The molecule has 0 aliphatic carbocycles. The van der Waals surface area contributed by atoms with E-state index < -0.39 is 6.49 Å². The monoisotopic (exact) mass is 299 g/mol. The molecule has 6 heteroatoms. The number of benzene rings is 1. The molecule has 0 bridgehead atoms. The third-order valence-corrected chi connectivity index (χ3v) is 4.94. The lowest BCUT2D eigenvalue weighted by Gasteiger charge is -2.18. The van der Waals surface area contributed by atoms with Crippen LogP contribution in [0.2, 0.25) is 0 Å². The van der Waals surface area contributed by atoms with E-state index in [0.29, 0.717) is 18.7 Å². The molecular weight excluding hydrogens is 281 g/mol. The van der Waals surface area contributed by atoms with E-state index in [1.165, 1.54) is 0 Å². The van der Waals surface area contributed by atoms with Crippen molar-refractivity contribution in [1.82, 2.24) is 4.90 Å². The van der Waals surface area contributed by atoms with Crippen molar-refractivity contribution in [2.45, 2.75) is 6.92 Å². The number of rotatable bonds is 3. The van der Waals surface area contributed by atoms with Crippen LogP contribution < -0.4 is 0 Å². The number of likely N-dealkylation sites (tertiary alicyclic amines) is 1. The van der Waals surface area contributed by atoms with Crippen molar-refractivity contribution in [3.63, 3.8) is 0 Å². The fraction of sp³-hybridized carbons (Fsp3) is 0.462. The summed E-state index contributed by atoms with van der Waals surface area (Å²) in [6.45, 7) is 0.0327. The van der Waals surface area contributed by atoms with Gasteiger partial charge in [0.2, 0.25) is 0 Å². The van der Waals surface area contributed by atoms with Crippen LogP contribution in [0.3, 0.4) is 0 Å². The summed E-state index contributed by atoms with van der Waals surface area (Å²) >= 11 is 4.69. The maximum Gasteiger partial charge on any atom is 0.253 e. The molecule has 0 radical (unpaired) electrons. The number of amides is 1. The Labute approximate surface area is 118 Å². The Bertz CT molecular complexity index is 502. The number of carbonyl (C=O) groups excluding carboxylic acids is 1. The lowest BCUT2D eigenvalue weighted by molar-refractivity contribution is 0.0785. The molecule has 1 aromatic rings. The second kappa shape index (κ2) is 5.71. The second-order valence-electron chi connectivity index (χ2n) is 5.16. The topological polar surface area (TPSA) is 60.8 Å². The minimum absolute atomic E-state index is 0.000804. The first-order valence-electron chi connectivity index (χ1n) is 6.26. The summed E-state index contributed by atoms with van der Waals surface area (Å²) in [6.07, 6.45) is 0.224. The van der Waals surface area contributed by atoms with Gasteiger partial charge in [0.15, 0.2) is 6.49 Å². The molecule has 104 valence electrons. The molecule has 0 aromatic heterocycles. The molecule has 1 fully saturated rings. The number of nitrogens with zero attached hydrogens (tertiary/aromatic N) is 1. The van der Waals surface area contributed by atoms with Gasteiger partial charge in [-0.1, -0.05) is 25.1 Å². The highest BCUT2D eigenvalue weighted by Crippen LogP contribution is 2.41. The highest BCUT2D eigenvalue weighted by atomic mass is 32.5. The van der Waals surface area contributed by atoms with Crippen LogP contribution in [0.25, 0.3) is 0 Å². The van der Waals surface area contributed by atoms with E-state index in [-0.39, 0.29) is 23.9 Å². The molecule has 2 unspecified atom stereocenters. The smallest absolute Gasteiger partial charge is 0.253 e. The summed E-state index contributed by atoms with van der Waals surface area (Å²) in [6, 6.07) is 9.14. The zero-order valence-electron chi connectivity index (χ0n) is 10.8. The van der Waals surface area contributed by atoms with Crippen LogP contribution in [0.15, 0.2) is 30.3 Å². The van der Waals surface area contributed by atoms with Crippen molar-refractivity contribution in [2.24, 2.45) is 11.8 Å². The number of carbonyl (C=O) groups is 1. The van der Waals surface area contributed by atoms with Crippen LogP contribution in [-0.2, 0) is 11.8 Å². The molecule has 2 N–H and O–H groups in total. The van der Waals surface area contributed by atoms with E-state index in [2.05, 4.69) is 0 Å². The third-order valence-electron chi connectivity index (χ3n) is 3.55. The van der Waals surface area contributed by atoms with Gasteiger partial charge in [-0.15, -0.1) is 0 Å². The predicted octanol–water partition coefficient (Wildman–Crippen LogP) is 1.69. The zero-order chi connectivity index (χ0) is 14.0. The molecule has 1 saturated heterocycles. The van der Waals surface area contributed by atoms with Crippen molar-refractivity contribution in [2.75, 3.05) is 19.3 Å². The third kappa shape index (κ3) is 3.86. The zero-order valence-corrected chi connectivity index (χ0v) is 12.5. The maximum absolute atomic E-state index is 12.3. The van der Waals surface area contributed by atoms with Crippen molar-refractivity contribution in [3.05, 3.63) is 35.9 Å². The van der Waals surface area contributed by atoms with Gasteiger partial charge in [-0.25, -0.2) is 0 Å². The van der Waals surface area contributed by atoms with E-state index in [0.717, 1.165) is 0 Å². The molecule has 1 aliphatic heterocycles. The molecule has 1 aliphatic rings. The summed E-state index contributed by atoms with van der Waals surface area (Å²) in [5.41, 5.74) is 0.669. The summed E-state index contributed by atoms with van der Waals surface area (Å²) in [5, 5.41) is 0. The number of hydrogen-bond donors (Lipinski definition) is 2. The van der Waals surface area contributed by atoms with Gasteiger partial charge >= 0.3 is 0 Å². The number of hydrogen-bond acceptors (Lipinski definition) is 2. The standard InChI is InChI=1S/C13H18NO3PS/c1-10-7-14(8-12(10)9-18(16,17)19)13(15)11-5-3-2-4-6-11/h2-6,10,12H,7-9H2,1H3,(H2,16,17,19). The van der Waals surface area contributed by atoms with E-state index in [1.807, 2.05) is 25.1 Å². The predicted molar refractivity (Wildman–Crippen MR) is 78.6 cm³/mol. The Balaban J connectivity index is 2.05. The molecule has 19 heavy (non-hydrogen) atoms. The molecule has 1 heterocycles. The van der Waals surface area contributed by atoms with Crippen molar-refractivity contribution < 1.29 is 14.6 Å². The van der Waals surface area contributed by atoms with Gasteiger partial charge < -0.3 is 14.7 Å². The van der Waals surface area contributed by atoms with Crippen LogP contribution in [0.1, 0.15) is 17.3 Å². The fourth-order valence-electron chi connectivity index (χ4n) is 2.51. The van der Waals surface area contributed by atoms with E-state index in [9.17, 15) is 14.6 Å². The van der Waals surface area contributed by atoms with Gasteiger partial charge in [0.25, 0.3) is 5.91 Å². The first-order valence-corrected chi connectivity index (χ1v) is 9.15. The highest BCUT2D eigenvalue weighted by molar-refractivity contribution is 8.09. The van der Waals surface area contributed by atoms with Gasteiger partial charge in [-0.2, -0.15) is 0 Å². The van der Waals surface area contributed by atoms with Crippen LogP contribution in [0.4, 0.5) is 0 Å². The summed E-state index contributed by atoms with van der Waals surface area (Å²) < 4.78 is 0. The summed E-state index contributed by atoms with van der Waals surface area (Å²) in [5.74, 6) is 0.321. The normalized spacial score (nSPS) is 23.6. The van der Waals surface area contributed by atoms with E-state index >= 15 is 0 Å². The Morgan fingerprint density at radius 3 is 2.58 bits per heavy atom. The van der Waals surface area contributed by atoms with Crippen molar-refractivity contribution >= 4 is 24.2 Å². The quantitative estimate of drug-likeness (QED) is 0.834. The van der Waals surface area contributed by atoms with E-state index in [1.54, 1.807) is 17.0 Å². The van der Waals surface area contributed by atoms with Crippen LogP contribution in [0, 0.1) is 11.8 Å². The van der Waals surface area contributed by atoms with Gasteiger partial charge in [0.1, 0.15) is 0 Å². The summed E-state index contributed by atoms with van der Waals surface area (Å²) in [7, 11) is 0. The Morgan fingerprint density at radius 2 is 2.00 bits per heavy atom. The largest absolute Gasteiger partial charge is 0.345 e. The van der Waals surface area contributed by atoms with Crippen LogP contribution in [0.5, 0.6) is 0 Å². The maximum atomic E-state index is 12.3. The molecular formula is C13H18NO3PS. The minimum atomic E-state index is -3.19. The second-order valence-corrected chi connectivity index (χ2v) is 8.61. The van der Waals surface area contributed by atoms with Crippen molar-refractivity contribution in [3.8, 4) is 0 Å². The Kier molecular flexibility index (Phi) is 4.41. The van der Waals surface area contributed by atoms with Gasteiger partial charge in [-0.3, -0.25) is 4.79 Å². The van der Waals surface area contributed by atoms with Gasteiger partial charge in [0.05, 0.1) is 0 Å². The highest BCUT2D eigenvalue weighted by Gasteiger charge is 2.35. The SMILES string of the molecule is CC1CN(C(=O)c2ccccc2)CC1CP(O)(O)=S. The summed E-state index contributed by atoms with van der Waals surface area (Å²) in [4.78, 5) is 32.9. The lowest BCUT2D eigenvalue weighted by Crippen LogP contribution is -2.29. The minimum Gasteiger partial charge on any atom is -0.345 e. The Hall–Kier alpha value is -0.740.